The van der Waals surface area contributed by atoms with E-state index in [0.29, 0.717) is 22.8 Å². The molecule has 0 fully saturated rings. The van der Waals surface area contributed by atoms with Crippen molar-refractivity contribution in [1.29, 1.82) is 0 Å². The number of carbonyl (C=O) groups excluding carboxylic acids is 2. The quantitative estimate of drug-likeness (QED) is 0.696. The van der Waals surface area contributed by atoms with Crippen molar-refractivity contribution in [1.82, 2.24) is 4.90 Å². The van der Waals surface area contributed by atoms with Crippen molar-refractivity contribution in [2.45, 2.75) is 6.54 Å². The highest BCUT2D eigenvalue weighted by molar-refractivity contribution is 6.00. The van der Waals surface area contributed by atoms with Crippen molar-refractivity contribution in [3.63, 3.8) is 0 Å². The van der Waals surface area contributed by atoms with Gasteiger partial charge in [-0.2, -0.15) is 0 Å². The lowest BCUT2D eigenvalue weighted by Gasteiger charge is -2.22. The third-order valence-corrected chi connectivity index (χ3v) is 3.94. The molecule has 0 aliphatic rings. The fourth-order valence-electron chi connectivity index (χ4n) is 2.68. The molecule has 2 aromatic carbocycles. The summed E-state index contributed by atoms with van der Waals surface area (Å²) in [6, 6.07) is 19.5. The maximum Gasteiger partial charge on any atom is 0.258 e. The Morgan fingerprint density at radius 3 is 2.44 bits per heavy atom. The number of benzene rings is 2. The van der Waals surface area contributed by atoms with Crippen LogP contribution in [0.3, 0.4) is 0 Å². The fraction of sp³-hybridized carbons (Fsp3) is 0.143. The van der Waals surface area contributed by atoms with Crippen molar-refractivity contribution >= 4 is 17.5 Å². The first-order valence-corrected chi connectivity index (χ1v) is 8.47. The number of hydrogen-bond donors (Lipinski definition) is 1. The minimum atomic E-state index is -0.313. The van der Waals surface area contributed by atoms with Gasteiger partial charge in [0, 0.05) is 5.69 Å². The molecule has 0 saturated carbocycles. The van der Waals surface area contributed by atoms with E-state index < -0.39 is 0 Å². The average molecular weight is 364 g/mol. The van der Waals surface area contributed by atoms with Crippen LogP contribution >= 0.6 is 0 Å². The maximum absolute atomic E-state index is 13.1. The van der Waals surface area contributed by atoms with Crippen LogP contribution in [0.15, 0.2) is 77.4 Å². The van der Waals surface area contributed by atoms with Gasteiger partial charge in [0.1, 0.15) is 18.1 Å². The van der Waals surface area contributed by atoms with E-state index in [-0.39, 0.29) is 24.9 Å². The van der Waals surface area contributed by atoms with Gasteiger partial charge in [-0.3, -0.25) is 9.59 Å². The summed E-state index contributed by atoms with van der Waals surface area (Å²) in [7, 11) is 1.51. The summed E-state index contributed by atoms with van der Waals surface area (Å²) in [6.07, 6.45) is 1.53. The number of hydrogen-bond acceptors (Lipinski definition) is 4. The third-order valence-electron chi connectivity index (χ3n) is 3.94. The van der Waals surface area contributed by atoms with Gasteiger partial charge in [0.2, 0.25) is 5.91 Å². The zero-order valence-electron chi connectivity index (χ0n) is 14.9. The molecule has 6 nitrogen and oxygen atoms in total. The Bertz CT molecular complexity index is 892. The number of furan rings is 1. The molecule has 0 saturated heterocycles. The highest BCUT2D eigenvalue weighted by atomic mass is 16.5. The van der Waals surface area contributed by atoms with Gasteiger partial charge in [0.25, 0.3) is 5.91 Å². The van der Waals surface area contributed by atoms with E-state index >= 15 is 0 Å². The number of rotatable bonds is 7. The van der Waals surface area contributed by atoms with Gasteiger partial charge < -0.3 is 19.4 Å². The van der Waals surface area contributed by atoms with Gasteiger partial charge in [-0.05, 0) is 36.4 Å². The summed E-state index contributed by atoms with van der Waals surface area (Å²) in [5.74, 6) is 0.434. The number of nitrogens with zero attached hydrogens (tertiary/aromatic N) is 1. The molecule has 0 atom stereocenters. The standard InChI is InChI=1S/C21H20N2O4/c1-26-19-12-6-5-11-18(19)21(25)23(14-17-10-7-13-27-17)15-20(24)22-16-8-3-2-4-9-16/h2-13H,14-15H2,1H3,(H,22,24). The summed E-state index contributed by atoms with van der Waals surface area (Å²) in [5.41, 5.74) is 1.06. The normalized spacial score (nSPS) is 10.3. The average Bonchev–Trinajstić information content (AvgIpc) is 3.20. The number of amides is 2. The van der Waals surface area contributed by atoms with Gasteiger partial charge in [0.15, 0.2) is 0 Å². The zero-order chi connectivity index (χ0) is 19.1. The van der Waals surface area contributed by atoms with E-state index in [2.05, 4.69) is 5.32 Å². The van der Waals surface area contributed by atoms with E-state index in [9.17, 15) is 9.59 Å². The van der Waals surface area contributed by atoms with Crippen LogP contribution in [-0.4, -0.2) is 30.4 Å². The number of para-hydroxylation sites is 2. The molecular weight excluding hydrogens is 344 g/mol. The highest BCUT2D eigenvalue weighted by Gasteiger charge is 2.23. The first-order chi connectivity index (χ1) is 13.2. The molecule has 0 aliphatic carbocycles. The highest BCUT2D eigenvalue weighted by Crippen LogP contribution is 2.20. The smallest absolute Gasteiger partial charge is 0.258 e. The van der Waals surface area contributed by atoms with Crippen molar-refractivity contribution in [2.75, 3.05) is 19.0 Å². The summed E-state index contributed by atoms with van der Waals surface area (Å²) in [5, 5.41) is 2.79. The molecule has 6 heteroatoms. The molecule has 27 heavy (non-hydrogen) atoms. The molecular formula is C21H20N2O4. The monoisotopic (exact) mass is 364 g/mol. The van der Waals surface area contributed by atoms with Crippen LogP contribution in [-0.2, 0) is 11.3 Å². The first kappa shape index (κ1) is 18.3. The Labute approximate surface area is 157 Å². The topological polar surface area (TPSA) is 71.8 Å². The van der Waals surface area contributed by atoms with Crippen molar-refractivity contribution in [2.24, 2.45) is 0 Å². The third kappa shape index (κ3) is 4.76. The molecule has 1 aromatic heterocycles. The predicted octanol–water partition coefficient (Wildman–Crippen LogP) is 3.57. The number of ether oxygens (including phenoxy) is 1. The van der Waals surface area contributed by atoms with Crippen molar-refractivity contribution < 1.29 is 18.7 Å². The Hall–Kier alpha value is -3.54. The second-order valence-electron chi connectivity index (χ2n) is 5.86. The molecule has 0 radical (unpaired) electrons. The Kier molecular flexibility index (Phi) is 5.89. The lowest BCUT2D eigenvalue weighted by atomic mass is 10.1. The summed E-state index contributed by atoms with van der Waals surface area (Å²) in [4.78, 5) is 27.0. The summed E-state index contributed by atoms with van der Waals surface area (Å²) >= 11 is 0. The fourth-order valence-corrected chi connectivity index (χ4v) is 2.68. The van der Waals surface area contributed by atoms with E-state index in [1.807, 2.05) is 18.2 Å². The Balaban J connectivity index is 1.80. The van der Waals surface area contributed by atoms with Crippen molar-refractivity contribution in [3.8, 4) is 5.75 Å². The van der Waals surface area contributed by atoms with Crippen LogP contribution in [0, 0.1) is 0 Å². The predicted molar refractivity (Wildman–Crippen MR) is 102 cm³/mol. The summed E-state index contributed by atoms with van der Waals surface area (Å²) in [6.45, 7) is 0.0541. The molecule has 1 N–H and O–H groups in total. The molecule has 0 aliphatic heterocycles. The molecule has 1 heterocycles. The molecule has 138 valence electrons. The largest absolute Gasteiger partial charge is 0.496 e. The van der Waals surface area contributed by atoms with Crippen LogP contribution in [0.25, 0.3) is 0 Å². The number of anilines is 1. The minimum absolute atomic E-state index is 0.119. The molecule has 0 unspecified atom stereocenters. The number of methoxy groups -OCH3 is 1. The molecule has 3 rings (SSSR count). The lowest BCUT2D eigenvalue weighted by Crippen LogP contribution is -2.37. The Morgan fingerprint density at radius 1 is 1.00 bits per heavy atom. The second-order valence-corrected chi connectivity index (χ2v) is 5.86. The lowest BCUT2D eigenvalue weighted by molar-refractivity contribution is -0.117. The van der Waals surface area contributed by atoms with Gasteiger partial charge in [-0.1, -0.05) is 30.3 Å². The van der Waals surface area contributed by atoms with Crippen LogP contribution in [0.2, 0.25) is 0 Å². The van der Waals surface area contributed by atoms with Crippen LogP contribution in [0.4, 0.5) is 5.69 Å². The van der Waals surface area contributed by atoms with Crippen LogP contribution in [0.5, 0.6) is 5.75 Å². The van der Waals surface area contributed by atoms with Gasteiger partial charge in [-0.25, -0.2) is 0 Å². The number of carbonyl (C=O) groups is 2. The Morgan fingerprint density at radius 2 is 1.74 bits per heavy atom. The second kappa shape index (κ2) is 8.71. The SMILES string of the molecule is COc1ccccc1C(=O)N(CC(=O)Nc1ccccc1)Cc1ccco1. The van der Waals surface area contributed by atoms with Gasteiger partial charge in [-0.15, -0.1) is 0 Å². The van der Waals surface area contributed by atoms with Gasteiger partial charge >= 0.3 is 0 Å². The maximum atomic E-state index is 13.1. The zero-order valence-corrected chi connectivity index (χ0v) is 14.9. The van der Waals surface area contributed by atoms with Crippen LogP contribution in [0.1, 0.15) is 16.1 Å². The van der Waals surface area contributed by atoms with Gasteiger partial charge in [0.05, 0.1) is 25.5 Å². The van der Waals surface area contributed by atoms with E-state index in [1.165, 1.54) is 18.3 Å². The van der Waals surface area contributed by atoms with Crippen molar-refractivity contribution in [3.05, 3.63) is 84.3 Å². The number of nitrogens with one attached hydrogen (secondary N) is 1. The summed E-state index contributed by atoms with van der Waals surface area (Å²) < 4.78 is 10.6. The van der Waals surface area contributed by atoms with Crippen LogP contribution < -0.4 is 10.1 Å². The molecule has 3 aromatic rings. The molecule has 0 spiro atoms. The van der Waals surface area contributed by atoms with E-state index in [1.54, 1.807) is 48.5 Å². The first-order valence-electron chi connectivity index (χ1n) is 8.47. The molecule has 0 bridgehead atoms. The van der Waals surface area contributed by atoms with E-state index in [4.69, 9.17) is 9.15 Å². The van der Waals surface area contributed by atoms with E-state index in [0.717, 1.165) is 0 Å². The molecule has 2 amide bonds. The minimum Gasteiger partial charge on any atom is -0.496 e.